The van der Waals surface area contributed by atoms with Crippen LogP contribution >= 0.6 is 15.9 Å². The second-order valence-corrected chi connectivity index (χ2v) is 5.86. The van der Waals surface area contributed by atoms with E-state index in [0.717, 1.165) is 15.1 Å². The van der Waals surface area contributed by atoms with Gasteiger partial charge in [-0.05, 0) is 35.0 Å². The Bertz CT molecular complexity index is 491. The van der Waals surface area contributed by atoms with Crippen LogP contribution in [0.3, 0.4) is 0 Å². The van der Waals surface area contributed by atoms with Crippen LogP contribution in [0.15, 0.2) is 28.7 Å². The average molecular weight is 343 g/mol. The molecule has 5 nitrogen and oxygen atoms in total. The molecule has 110 valence electrons. The molecular formula is C14H21BrN3O2+. The van der Waals surface area contributed by atoms with Crippen molar-refractivity contribution in [2.75, 3.05) is 33.0 Å². The minimum atomic E-state index is -0.255. The van der Waals surface area contributed by atoms with E-state index < -0.39 is 0 Å². The molecule has 1 aromatic rings. The van der Waals surface area contributed by atoms with Crippen LogP contribution in [0.25, 0.3) is 0 Å². The number of rotatable bonds is 5. The number of amides is 2. The highest BCUT2D eigenvalue weighted by Gasteiger charge is 2.25. The van der Waals surface area contributed by atoms with Crippen LogP contribution < -0.4 is 10.2 Å². The van der Waals surface area contributed by atoms with E-state index in [1.54, 1.807) is 19.0 Å². The van der Waals surface area contributed by atoms with Crippen LogP contribution in [-0.4, -0.2) is 50.4 Å². The summed E-state index contributed by atoms with van der Waals surface area (Å²) in [5, 5.41) is 2.83. The van der Waals surface area contributed by atoms with Crippen molar-refractivity contribution in [2.24, 2.45) is 0 Å². The van der Waals surface area contributed by atoms with Crippen molar-refractivity contribution in [3.8, 4) is 0 Å². The minimum Gasteiger partial charge on any atom is -0.344 e. The van der Waals surface area contributed by atoms with Crippen LogP contribution in [0, 0.1) is 0 Å². The third-order valence-electron chi connectivity index (χ3n) is 3.14. The third kappa shape index (κ3) is 4.61. The highest BCUT2D eigenvalue weighted by atomic mass is 79.9. The van der Waals surface area contributed by atoms with Crippen LogP contribution in [0.5, 0.6) is 0 Å². The zero-order chi connectivity index (χ0) is 15.3. The highest BCUT2D eigenvalue weighted by Crippen LogP contribution is 2.20. The highest BCUT2D eigenvalue weighted by molar-refractivity contribution is 9.10. The topological polar surface area (TPSA) is 53.9 Å². The first-order valence-electron chi connectivity index (χ1n) is 6.40. The van der Waals surface area contributed by atoms with Crippen molar-refractivity contribution in [1.82, 2.24) is 4.90 Å². The summed E-state index contributed by atoms with van der Waals surface area (Å²) < 4.78 is 0.836. The van der Waals surface area contributed by atoms with E-state index in [1.165, 1.54) is 0 Å². The molecule has 0 aromatic heterocycles. The smallest absolute Gasteiger partial charge is 0.280 e. The molecule has 20 heavy (non-hydrogen) atoms. The predicted octanol–water partition coefficient (Wildman–Crippen LogP) is 0.379. The fourth-order valence-corrected chi connectivity index (χ4v) is 2.15. The molecule has 1 rings (SSSR count). The summed E-state index contributed by atoms with van der Waals surface area (Å²) >= 11 is 3.38. The predicted molar refractivity (Wildman–Crippen MR) is 82.7 cm³/mol. The Labute approximate surface area is 128 Å². The van der Waals surface area contributed by atoms with Gasteiger partial charge in [-0.15, -0.1) is 0 Å². The maximum atomic E-state index is 12.0. The number of hydrogen-bond acceptors (Lipinski definition) is 2. The van der Waals surface area contributed by atoms with E-state index in [4.69, 9.17) is 0 Å². The Morgan fingerprint density at radius 2 is 1.95 bits per heavy atom. The number of hydrogen-bond donors (Lipinski definition) is 2. The molecule has 1 unspecified atom stereocenters. The van der Waals surface area contributed by atoms with E-state index in [0.29, 0.717) is 0 Å². The molecule has 2 N–H and O–H groups in total. The molecule has 0 bridgehead atoms. The Balaban J connectivity index is 2.58. The quantitative estimate of drug-likeness (QED) is 0.812. The molecule has 2 atom stereocenters. The molecule has 0 aliphatic rings. The molecule has 0 fully saturated rings. The zero-order valence-corrected chi connectivity index (χ0v) is 13.8. The summed E-state index contributed by atoms with van der Waals surface area (Å²) in [7, 11) is 5.27. The Kier molecular flexibility index (Phi) is 6.16. The number of benzene rings is 1. The van der Waals surface area contributed by atoms with Crippen molar-refractivity contribution >= 4 is 33.4 Å². The summed E-state index contributed by atoms with van der Waals surface area (Å²) in [5.74, 6) is -0.107. The van der Waals surface area contributed by atoms with Crippen molar-refractivity contribution in [1.29, 1.82) is 0 Å². The molecule has 0 heterocycles. The Morgan fingerprint density at radius 3 is 2.50 bits per heavy atom. The molecule has 0 saturated carbocycles. The fourth-order valence-electron chi connectivity index (χ4n) is 1.76. The van der Waals surface area contributed by atoms with Crippen molar-refractivity contribution < 1.29 is 14.5 Å². The normalized spacial score (nSPS) is 13.4. The van der Waals surface area contributed by atoms with Gasteiger partial charge in [0.15, 0.2) is 12.6 Å². The first-order valence-corrected chi connectivity index (χ1v) is 7.20. The zero-order valence-electron chi connectivity index (χ0n) is 12.2. The fraction of sp³-hybridized carbons (Fsp3) is 0.429. The Morgan fingerprint density at radius 1 is 1.35 bits per heavy atom. The first kappa shape index (κ1) is 16.7. The Hall–Kier alpha value is -1.40. The van der Waals surface area contributed by atoms with Gasteiger partial charge in [-0.2, -0.15) is 0 Å². The second-order valence-electron chi connectivity index (χ2n) is 5.01. The lowest BCUT2D eigenvalue weighted by Gasteiger charge is -2.23. The number of anilines is 1. The van der Waals surface area contributed by atoms with E-state index in [-0.39, 0.29) is 24.4 Å². The summed E-state index contributed by atoms with van der Waals surface area (Å²) in [6, 6.07) is 7.18. The number of likely N-dealkylation sites (N-methyl/N-ethyl adjacent to an activating group) is 2. The number of carbonyl (C=O) groups excluding carboxylic acids is 2. The molecule has 0 aliphatic heterocycles. The van der Waals surface area contributed by atoms with Gasteiger partial charge in [-0.1, -0.05) is 12.1 Å². The van der Waals surface area contributed by atoms with Crippen LogP contribution in [-0.2, 0) is 9.59 Å². The molecule has 0 saturated heterocycles. The maximum Gasteiger partial charge on any atom is 0.280 e. The van der Waals surface area contributed by atoms with Gasteiger partial charge in [0.05, 0.1) is 12.7 Å². The number of quaternary nitrogens is 1. The molecule has 0 radical (unpaired) electrons. The lowest BCUT2D eigenvalue weighted by molar-refractivity contribution is -0.886. The van der Waals surface area contributed by atoms with Gasteiger partial charge >= 0.3 is 0 Å². The summed E-state index contributed by atoms with van der Waals surface area (Å²) in [4.78, 5) is 26.2. The van der Waals surface area contributed by atoms with E-state index in [9.17, 15) is 9.59 Å². The van der Waals surface area contributed by atoms with Gasteiger partial charge in [0.1, 0.15) is 0 Å². The summed E-state index contributed by atoms with van der Waals surface area (Å²) in [5.41, 5.74) is 0.733. The standard InChI is InChI=1S/C14H20BrN3O2/c1-10(14(20)17(2)3)18(4)9-13(19)16-12-8-6-5-7-11(12)15/h5-8,10H,9H2,1-4H3,(H,16,19)/p+1/t10-/m1/s1. The summed E-state index contributed by atoms with van der Waals surface area (Å²) in [6.07, 6.45) is 0. The number of para-hydroxylation sites is 1. The van der Waals surface area contributed by atoms with Gasteiger partial charge in [-0.3, -0.25) is 9.59 Å². The largest absolute Gasteiger partial charge is 0.344 e. The molecule has 0 spiro atoms. The lowest BCUT2D eigenvalue weighted by atomic mass is 10.2. The minimum absolute atomic E-state index is 0.0104. The second kappa shape index (κ2) is 7.40. The van der Waals surface area contributed by atoms with E-state index in [1.807, 2.05) is 38.2 Å². The van der Waals surface area contributed by atoms with E-state index >= 15 is 0 Å². The van der Waals surface area contributed by atoms with Gasteiger partial charge < -0.3 is 15.1 Å². The molecule has 2 amide bonds. The van der Waals surface area contributed by atoms with Gasteiger partial charge in [0, 0.05) is 18.6 Å². The lowest BCUT2D eigenvalue weighted by Crippen LogP contribution is -3.15. The van der Waals surface area contributed by atoms with Crippen molar-refractivity contribution in [2.45, 2.75) is 13.0 Å². The van der Waals surface area contributed by atoms with E-state index in [2.05, 4.69) is 21.2 Å². The summed E-state index contributed by atoms with van der Waals surface area (Å²) in [6.45, 7) is 2.06. The monoisotopic (exact) mass is 342 g/mol. The van der Waals surface area contributed by atoms with Gasteiger partial charge in [0.2, 0.25) is 0 Å². The van der Waals surface area contributed by atoms with Gasteiger partial charge in [-0.25, -0.2) is 0 Å². The van der Waals surface area contributed by atoms with Crippen LogP contribution in [0.1, 0.15) is 6.92 Å². The molecule has 0 aliphatic carbocycles. The van der Waals surface area contributed by atoms with Crippen molar-refractivity contribution in [3.05, 3.63) is 28.7 Å². The first-order chi connectivity index (χ1) is 9.32. The van der Waals surface area contributed by atoms with Crippen LogP contribution in [0.2, 0.25) is 0 Å². The number of nitrogens with one attached hydrogen (secondary N) is 2. The number of nitrogens with zero attached hydrogens (tertiary/aromatic N) is 1. The number of carbonyl (C=O) groups is 2. The average Bonchev–Trinajstić information content (AvgIpc) is 2.39. The third-order valence-corrected chi connectivity index (χ3v) is 3.83. The number of halogens is 1. The molecule has 6 heteroatoms. The van der Waals surface area contributed by atoms with Crippen LogP contribution in [0.4, 0.5) is 5.69 Å². The molecule has 1 aromatic carbocycles. The maximum absolute atomic E-state index is 12.0. The van der Waals surface area contributed by atoms with Gasteiger partial charge in [0.25, 0.3) is 11.8 Å². The van der Waals surface area contributed by atoms with Crippen molar-refractivity contribution in [3.63, 3.8) is 0 Å². The SMILES string of the molecule is C[C@H](C(=O)N(C)C)[NH+](C)CC(=O)Nc1ccccc1Br. The molecular weight excluding hydrogens is 322 g/mol.